The molecule has 1 aromatic heterocycles. The largest absolute Gasteiger partial charge is 0.384 e. The fourth-order valence-corrected chi connectivity index (χ4v) is 3.64. The fraction of sp³-hybridized carbons (Fsp3) is 0.471. The molecule has 0 aliphatic carbocycles. The molecule has 2 N–H and O–H groups in total. The third-order valence-electron chi connectivity index (χ3n) is 4.82. The molecule has 7 heteroatoms. The lowest BCUT2D eigenvalue weighted by Gasteiger charge is -2.11. The second-order valence-electron chi connectivity index (χ2n) is 6.40. The molecule has 0 spiro atoms. The highest BCUT2D eigenvalue weighted by atomic mass is 16.6. The van der Waals surface area contributed by atoms with Crippen LogP contribution in [0.3, 0.4) is 0 Å². The van der Waals surface area contributed by atoms with E-state index in [0.29, 0.717) is 12.2 Å². The molecule has 0 unspecified atom stereocenters. The summed E-state index contributed by atoms with van der Waals surface area (Å²) in [6.07, 6.45) is 7.20. The van der Waals surface area contributed by atoms with Gasteiger partial charge in [-0.05, 0) is 25.3 Å². The molecule has 3 heterocycles. The number of benzene rings is 1. The van der Waals surface area contributed by atoms with E-state index in [9.17, 15) is 10.1 Å². The van der Waals surface area contributed by atoms with E-state index in [1.807, 2.05) is 0 Å². The number of nitrogens with one attached hydrogen (secondary N) is 2. The first-order valence-electron chi connectivity index (χ1n) is 8.55. The van der Waals surface area contributed by atoms with Crippen LogP contribution in [0, 0.1) is 10.1 Å². The quantitative estimate of drug-likeness (QED) is 0.651. The highest BCUT2D eigenvalue weighted by molar-refractivity contribution is 5.77. The smallest absolute Gasteiger partial charge is 0.292 e. The van der Waals surface area contributed by atoms with Crippen molar-refractivity contribution in [3.63, 3.8) is 0 Å². The van der Waals surface area contributed by atoms with Gasteiger partial charge in [0, 0.05) is 56.0 Å². The standard InChI is InChI=1S/C17H21N5O2/c23-22(24)15-5-4-14-13(7-9-18-14)17(15)19-8-6-12-11-21-10-2-1-3-16(21)20-12/h4-5,11,18-19H,1-3,6-10H2. The van der Waals surface area contributed by atoms with Gasteiger partial charge in [-0.3, -0.25) is 10.1 Å². The minimum absolute atomic E-state index is 0.154. The first-order valence-corrected chi connectivity index (χ1v) is 8.55. The molecule has 0 saturated heterocycles. The second kappa shape index (κ2) is 6.14. The van der Waals surface area contributed by atoms with Crippen LogP contribution >= 0.6 is 0 Å². The van der Waals surface area contributed by atoms with Crippen LogP contribution in [0.2, 0.25) is 0 Å². The van der Waals surface area contributed by atoms with Gasteiger partial charge >= 0.3 is 0 Å². The molecule has 0 radical (unpaired) electrons. The van der Waals surface area contributed by atoms with Crippen molar-refractivity contribution < 1.29 is 4.92 Å². The normalized spacial score (nSPS) is 15.5. The zero-order valence-corrected chi connectivity index (χ0v) is 13.5. The van der Waals surface area contributed by atoms with Gasteiger partial charge in [0.05, 0.1) is 10.6 Å². The van der Waals surface area contributed by atoms with Crippen molar-refractivity contribution in [2.24, 2.45) is 0 Å². The molecule has 0 atom stereocenters. The molecule has 0 fully saturated rings. The summed E-state index contributed by atoms with van der Waals surface area (Å²) in [6.45, 7) is 2.53. The minimum atomic E-state index is -0.309. The number of nitro benzene ring substituents is 1. The maximum Gasteiger partial charge on any atom is 0.292 e. The second-order valence-corrected chi connectivity index (χ2v) is 6.40. The highest BCUT2D eigenvalue weighted by Crippen LogP contribution is 2.36. The predicted octanol–water partition coefficient (Wildman–Crippen LogP) is 2.75. The topological polar surface area (TPSA) is 85.0 Å². The van der Waals surface area contributed by atoms with Gasteiger partial charge in [-0.25, -0.2) is 4.98 Å². The van der Waals surface area contributed by atoms with Gasteiger partial charge in [-0.15, -0.1) is 0 Å². The van der Waals surface area contributed by atoms with Crippen LogP contribution in [0.15, 0.2) is 18.3 Å². The summed E-state index contributed by atoms with van der Waals surface area (Å²) in [5.41, 5.74) is 3.90. The molecule has 0 amide bonds. The van der Waals surface area contributed by atoms with Gasteiger partial charge in [0.1, 0.15) is 11.5 Å². The number of aromatic nitrogens is 2. The van der Waals surface area contributed by atoms with Crippen molar-refractivity contribution in [3.8, 4) is 0 Å². The number of hydrogen-bond donors (Lipinski definition) is 2. The summed E-state index contributed by atoms with van der Waals surface area (Å²) < 4.78 is 2.24. The summed E-state index contributed by atoms with van der Waals surface area (Å²) in [7, 11) is 0. The molecule has 2 aliphatic heterocycles. The Morgan fingerprint density at radius 2 is 2.25 bits per heavy atom. The Labute approximate surface area is 140 Å². The van der Waals surface area contributed by atoms with E-state index >= 15 is 0 Å². The average molecular weight is 327 g/mol. The lowest BCUT2D eigenvalue weighted by molar-refractivity contribution is -0.384. The summed E-state index contributed by atoms with van der Waals surface area (Å²) in [6, 6.07) is 3.38. The number of anilines is 2. The van der Waals surface area contributed by atoms with E-state index in [1.165, 1.54) is 18.7 Å². The third-order valence-corrected chi connectivity index (χ3v) is 4.82. The van der Waals surface area contributed by atoms with Crippen molar-refractivity contribution in [2.75, 3.05) is 23.7 Å². The minimum Gasteiger partial charge on any atom is -0.384 e. The summed E-state index contributed by atoms with van der Waals surface area (Å²) >= 11 is 0. The maximum atomic E-state index is 11.3. The molecular weight excluding hydrogens is 306 g/mol. The zero-order valence-electron chi connectivity index (χ0n) is 13.5. The summed E-state index contributed by atoms with van der Waals surface area (Å²) in [5.74, 6) is 1.17. The predicted molar refractivity (Wildman–Crippen MR) is 92.6 cm³/mol. The fourth-order valence-electron chi connectivity index (χ4n) is 3.64. The van der Waals surface area contributed by atoms with Crippen molar-refractivity contribution in [1.29, 1.82) is 0 Å². The molecule has 2 aromatic rings. The van der Waals surface area contributed by atoms with Crippen LogP contribution in [0.5, 0.6) is 0 Å². The van der Waals surface area contributed by atoms with E-state index in [-0.39, 0.29) is 10.6 Å². The lowest BCUT2D eigenvalue weighted by Crippen LogP contribution is -2.09. The van der Waals surface area contributed by atoms with Crippen LogP contribution in [-0.2, 0) is 25.8 Å². The third kappa shape index (κ3) is 2.70. The SMILES string of the molecule is O=[N+]([O-])c1ccc2c(c1NCCc1cn3c(n1)CCCC3)CCN2. The molecule has 0 saturated carbocycles. The Bertz CT molecular complexity index is 760. The highest BCUT2D eigenvalue weighted by Gasteiger charge is 2.23. The van der Waals surface area contributed by atoms with Crippen LogP contribution < -0.4 is 10.6 Å². The molecule has 4 rings (SSSR count). The zero-order chi connectivity index (χ0) is 16.5. The first kappa shape index (κ1) is 15.0. The molecular formula is C17H21N5O2. The van der Waals surface area contributed by atoms with Crippen LogP contribution in [0.25, 0.3) is 0 Å². The van der Waals surface area contributed by atoms with E-state index in [4.69, 9.17) is 0 Å². The number of aryl methyl sites for hydroxylation is 2. The number of rotatable bonds is 5. The van der Waals surface area contributed by atoms with Gasteiger partial charge in [0.15, 0.2) is 0 Å². The van der Waals surface area contributed by atoms with Crippen molar-refractivity contribution in [1.82, 2.24) is 9.55 Å². The van der Waals surface area contributed by atoms with E-state index < -0.39 is 0 Å². The monoisotopic (exact) mass is 327 g/mol. The average Bonchev–Trinajstić information content (AvgIpc) is 3.20. The van der Waals surface area contributed by atoms with Crippen LogP contribution in [-0.4, -0.2) is 27.6 Å². The number of hydrogen-bond acceptors (Lipinski definition) is 5. The Morgan fingerprint density at radius 1 is 1.33 bits per heavy atom. The van der Waals surface area contributed by atoms with Gasteiger partial charge < -0.3 is 15.2 Å². The summed E-state index contributed by atoms with van der Waals surface area (Å²) in [5, 5.41) is 17.9. The van der Waals surface area contributed by atoms with E-state index in [2.05, 4.69) is 26.4 Å². The van der Waals surface area contributed by atoms with Gasteiger partial charge in [0.2, 0.25) is 0 Å². The number of imidazole rings is 1. The van der Waals surface area contributed by atoms with Crippen LogP contribution in [0.1, 0.15) is 29.9 Å². The summed E-state index contributed by atoms with van der Waals surface area (Å²) in [4.78, 5) is 15.7. The molecule has 7 nitrogen and oxygen atoms in total. The Morgan fingerprint density at radius 3 is 3.08 bits per heavy atom. The molecule has 1 aromatic carbocycles. The van der Waals surface area contributed by atoms with Crippen molar-refractivity contribution >= 4 is 17.1 Å². The number of nitro groups is 1. The Balaban J connectivity index is 1.49. The van der Waals surface area contributed by atoms with Gasteiger partial charge in [-0.2, -0.15) is 0 Å². The molecule has 0 bridgehead atoms. The van der Waals surface area contributed by atoms with Crippen LogP contribution in [0.4, 0.5) is 17.1 Å². The first-order chi connectivity index (χ1) is 11.7. The van der Waals surface area contributed by atoms with Crippen molar-refractivity contribution in [2.45, 2.75) is 38.6 Å². The lowest BCUT2D eigenvalue weighted by atomic mass is 10.1. The molecule has 126 valence electrons. The number of nitrogens with zero attached hydrogens (tertiary/aromatic N) is 3. The van der Waals surface area contributed by atoms with Gasteiger partial charge in [0.25, 0.3) is 5.69 Å². The van der Waals surface area contributed by atoms with E-state index in [0.717, 1.165) is 49.3 Å². The number of fused-ring (bicyclic) bond motifs is 2. The van der Waals surface area contributed by atoms with Gasteiger partial charge in [-0.1, -0.05) is 0 Å². The van der Waals surface area contributed by atoms with Crippen molar-refractivity contribution in [3.05, 3.63) is 45.5 Å². The maximum absolute atomic E-state index is 11.3. The molecule has 24 heavy (non-hydrogen) atoms. The van der Waals surface area contributed by atoms with E-state index in [1.54, 1.807) is 12.1 Å². The Kier molecular flexibility index (Phi) is 3.84. The molecule has 2 aliphatic rings. The Hall–Kier alpha value is -2.57.